The van der Waals surface area contributed by atoms with E-state index >= 15 is 0 Å². The van der Waals surface area contributed by atoms with E-state index < -0.39 is 12.1 Å². The first-order valence-corrected chi connectivity index (χ1v) is 39.1. The van der Waals surface area contributed by atoms with Crippen molar-refractivity contribution in [1.29, 1.82) is 0 Å². The highest BCUT2D eigenvalue weighted by Crippen LogP contribution is 2.19. The van der Waals surface area contributed by atoms with Gasteiger partial charge in [-0.1, -0.05) is 370 Å². The zero-order valence-electron chi connectivity index (χ0n) is 58.5. The average Bonchev–Trinajstić information content (AvgIpc) is 3.52. The maximum Gasteiger partial charge on any atom is 0.305 e. The lowest BCUT2D eigenvalue weighted by atomic mass is 10.0. The fourth-order valence-corrected chi connectivity index (χ4v) is 12.1. The van der Waals surface area contributed by atoms with Gasteiger partial charge in [-0.15, -0.1) is 0 Å². The standard InChI is InChI=1S/C81H151NO5/c1-3-5-7-9-11-13-15-17-19-21-22-23-24-30-33-36-39-42-45-49-53-57-61-65-69-73-79(84)78(77-83)82-80(85)74-70-66-62-58-54-50-46-43-40-37-34-31-28-26-25-27-29-32-35-38-41-44-48-52-56-60-64-68-72-76-87-81(86)75-71-67-63-59-55-51-47-20-18-16-14-12-10-8-6-4-2/h14,16,20,25,27,32,35,47,69,73,78-79,83-84H,3-13,15,17-19,21-24,26,28-31,33-34,36-46,48-68,70-72,74-77H2,1-2H3,(H,82,85)/b16-14-,27-25-,35-32-,47-20-,73-69+. The van der Waals surface area contributed by atoms with Crippen LogP contribution in [0.2, 0.25) is 0 Å². The van der Waals surface area contributed by atoms with Gasteiger partial charge in [-0.25, -0.2) is 0 Å². The summed E-state index contributed by atoms with van der Waals surface area (Å²) in [6.45, 7) is 4.91. The monoisotopic (exact) mass is 1220 g/mol. The fourth-order valence-electron chi connectivity index (χ4n) is 12.1. The Labute approximate surface area is 543 Å². The Morgan fingerprint density at radius 1 is 0.322 bits per heavy atom. The molecule has 6 heteroatoms. The van der Waals surface area contributed by atoms with Crippen LogP contribution < -0.4 is 5.32 Å². The summed E-state index contributed by atoms with van der Waals surface area (Å²) in [7, 11) is 0. The fraction of sp³-hybridized carbons (Fsp3) is 0.852. The van der Waals surface area contributed by atoms with Gasteiger partial charge in [0.25, 0.3) is 0 Å². The van der Waals surface area contributed by atoms with Crippen LogP contribution in [0.5, 0.6) is 0 Å². The molecular formula is C81H151NO5. The summed E-state index contributed by atoms with van der Waals surface area (Å²) >= 11 is 0. The van der Waals surface area contributed by atoms with Crippen LogP contribution >= 0.6 is 0 Å². The summed E-state index contributed by atoms with van der Waals surface area (Å²) in [4.78, 5) is 24.6. The predicted octanol–water partition coefficient (Wildman–Crippen LogP) is 25.8. The molecule has 1 amide bonds. The summed E-state index contributed by atoms with van der Waals surface area (Å²) in [6.07, 6.45) is 102. The van der Waals surface area contributed by atoms with Crippen molar-refractivity contribution >= 4 is 11.9 Å². The number of aliphatic hydroxyl groups is 2. The van der Waals surface area contributed by atoms with E-state index in [1.807, 2.05) is 6.08 Å². The molecule has 6 nitrogen and oxygen atoms in total. The lowest BCUT2D eigenvalue weighted by Crippen LogP contribution is -2.45. The number of nitrogens with one attached hydrogen (secondary N) is 1. The third-order valence-electron chi connectivity index (χ3n) is 18.0. The van der Waals surface area contributed by atoms with E-state index in [-0.39, 0.29) is 18.5 Å². The molecule has 0 fully saturated rings. The van der Waals surface area contributed by atoms with Gasteiger partial charge in [0.2, 0.25) is 5.91 Å². The Bertz CT molecular complexity index is 1500. The van der Waals surface area contributed by atoms with E-state index in [0.717, 1.165) is 57.8 Å². The van der Waals surface area contributed by atoms with Crippen molar-refractivity contribution in [2.45, 2.75) is 431 Å². The zero-order chi connectivity index (χ0) is 62.8. The Morgan fingerprint density at radius 3 is 0.885 bits per heavy atom. The Morgan fingerprint density at radius 2 is 0.575 bits per heavy atom. The second kappa shape index (κ2) is 76.0. The molecule has 87 heavy (non-hydrogen) atoms. The molecule has 0 saturated carbocycles. The summed E-state index contributed by atoms with van der Waals surface area (Å²) in [5.41, 5.74) is 0. The van der Waals surface area contributed by atoms with Gasteiger partial charge in [-0.05, 0) is 96.3 Å². The zero-order valence-corrected chi connectivity index (χ0v) is 58.5. The molecule has 510 valence electrons. The van der Waals surface area contributed by atoms with Crippen molar-refractivity contribution < 1.29 is 24.5 Å². The minimum atomic E-state index is -0.848. The molecule has 2 unspecified atom stereocenters. The Hall–Kier alpha value is -2.44. The van der Waals surface area contributed by atoms with E-state index in [1.54, 1.807) is 6.08 Å². The Balaban J connectivity index is 3.44. The first kappa shape index (κ1) is 84.6. The van der Waals surface area contributed by atoms with Crippen molar-refractivity contribution in [2.24, 2.45) is 0 Å². The van der Waals surface area contributed by atoms with Crippen LogP contribution in [-0.2, 0) is 14.3 Å². The number of hydrogen-bond acceptors (Lipinski definition) is 5. The van der Waals surface area contributed by atoms with Gasteiger partial charge >= 0.3 is 5.97 Å². The maximum absolute atomic E-state index is 12.6. The van der Waals surface area contributed by atoms with Crippen LogP contribution in [0.4, 0.5) is 0 Å². The van der Waals surface area contributed by atoms with Crippen LogP contribution in [0.15, 0.2) is 60.8 Å². The maximum atomic E-state index is 12.6. The van der Waals surface area contributed by atoms with Gasteiger partial charge in [0, 0.05) is 12.8 Å². The highest BCUT2D eigenvalue weighted by Gasteiger charge is 2.18. The molecule has 0 heterocycles. The highest BCUT2D eigenvalue weighted by atomic mass is 16.5. The topological polar surface area (TPSA) is 95.9 Å². The van der Waals surface area contributed by atoms with Crippen molar-refractivity contribution in [3.63, 3.8) is 0 Å². The first-order chi connectivity index (χ1) is 43.0. The largest absolute Gasteiger partial charge is 0.466 e. The molecule has 2 atom stereocenters. The molecule has 0 rings (SSSR count). The SMILES string of the molecule is CCCCCC/C=C\C/C=C\CCCCCCCC(=O)OCCCCCCCCCCC/C=C\C/C=C\CCCCCCCCCCCCCCCC(=O)NC(CO)C(O)/C=C/CCCCCCCCCCCCCCCCCCCCCCCCC. The van der Waals surface area contributed by atoms with Crippen LogP contribution in [0.3, 0.4) is 0 Å². The van der Waals surface area contributed by atoms with E-state index in [0.29, 0.717) is 19.4 Å². The van der Waals surface area contributed by atoms with Crippen molar-refractivity contribution in [1.82, 2.24) is 5.32 Å². The molecule has 0 aromatic heterocycles. The summed E-state index contributed by atoms with van der Waals surface area (Å²) < 4.78 is 5.49. The summed E-state index contributed by atoms with van der Waals surface area (Å²) in [5, 5.41) is 23.3. The van der Waals surface area contributed by atoms with Gasteiger partial charge < -0.3 is 20.3 Å². The minimum absolute atomic E-state index is 0.00159. The minimum Gasteiger partial charge on any atom is -0.466 e. The number of esters is 1. The number of aliphatic hydroxyl groups excluding tert-OH is 2. The van der Waals surface area contributed by atoms with Crippen LogP contribution in [0.1, 0.15) is 418 Å². The molecule has 3 N–H and O–H groups in total. The smallest absolute Gasteiger partial charge is 0.305 e. The van der Waals surface area contributed by atoms with E-state index in [2.05, 4.69) is 67.8 Å². The Kier molecular flexibility index (Phi) is 73.9. The van der Waals surface area contributed by atoms with Gasteiger partial charge in [0.05, 0.1) is 25.4 Å². The summed E-state index contributed by atoms with van der Waals surface area (Å²) in [5.74, 6) is -0.0667. The number of carbonyl (C=O) groups is 2. The number of amides is 1. The third kappa shape index (κ3) is 72.5. The second-order valence-corrected chi connectivity index (χ2v) is 26.7. The number of allylic oxidation sites excluding steroid dienone is 9. The molecule has 0 radical (unpaired) electrons. The average molecular weight is 1220 g/mol. The third-order valence-corrected chi connectivity index (χ3v) is 18.0. The van der Waals surface area contributed by atoms with Crippen molar-refractivity contribution in [2.75, 3.05) is 13.2 Å². The molecule has 0 aliphatic rings. The van der Waals surface area contributed by atoms with Gasteiger partial charge in [-0.2, -0.15) is 0 Å². The van der Waals surface area contributed by atoms with Gasteiger partial charge in [0.15, 0.2) is 0 Å². The predicted molar refractivity (Wildman–Crippen MR) is 384 cm³/mol. The van der Waals surface area contributed by atoms with Crippen LogP contribution in [0, 0.1) is 0 Å². The first-order valence-electron chi connectivity index (χ1n) is 39.1. The van der Waals surface area contributed by atoms with E-state index in [9.17, 15) is 19.8 Å². The number of ether oxygens (including phenoxy) is 1. The lowest BCUT2D eigenvalue weighted by Gasteiger charge is -2.20. The molecule has 0 aromatic rings. The molecule has 0 aliphatic carbocycles. The molecule has 0 aliphatic heterocycles. The van der Waals surface area contributed by atoms with Crippen LogP contribution in [-0.4, -0.2) is 47.4 Å². The molecule has 0 aromatic carbocycles. The van der Waals surface area contributed by atoms with E-state index in [4.69, 9.17) is 4.74 Å². The van der Waals surface area contributed by atoms with Crippen molar-refractivity contribution in [3.8, 4) is 0 Å². The van der Waals surface area contributed by atoms with E-state index in [1.165, 1.54) is 334 Å². The second-order valence-electron chi connectivity index (χ2n) is 26.7. The number of rotatable bonds is 73. The number of hydrogen-bond donors (Lipinski definition) is 3. The normalized spacial score (nSPS) is 12.8. The summed E-state index contributed by atoms with van der Waals surface area (Å²) in [6, 6.07) is -0.632. The number of carbonyl (C=O) groups excluding carboxylic acids is 2. The molecular weight excluding hydrogens is 1070 g/mol. The quantitative estimate of drug-likeness (QED) is 0.0320. The molecule has 0 saturated heterocycles. The molecule has 0 bridgehead atoms. The molecule has 0 spiro atoms. The van der Waals surface area contributed by atoms with Gasteiger partial charge in [-0.3, -0.25) is 9.59 Å². The van der Waals surface area contributed by atoms with Gasteiger partial charge in [0.1, 0.15) is 0 Å². The van der Waals surface area contributed by atoms with Crippen molar-refractivity contribution in [3.05, 3.63) is 60.8 Å². The lowest BCUT2D eigenvalue weighted by molar-refractivity contribution is -0.143. The number of unbranched alkanes of at least 4 members (excludes halogenated alkanes) is 54. The highest BCUT2D eigenvalue weighted by molar-refractivity contribution is 5.76. The van der Waals surface area contributed by atoms with Crippen LogP contribution in [0.25, 0.3) is 0 Å².